The molecule has 0 spiro atoms. The van der Waals surface area contributed by atoms with Crippen LogP contribution < -0.4 is 4.18 Å². The van der Waals surface area contributed by atoms with Gasteiger partial charge in [0.05, 0.1) is 0 Å². The Balaban J connectivity index is 2.03. The summed E-state index contributed by atoms with van der Waals surface area (Å²) in [5.41, 5.74) is -4.94. The molecule has 134 valence electrons. The lowest BCUT2D eigenvalue weighted by Crippen LogP contribution is -2.34. The Kier molecular flexibility index (Phi) is 5.09. The van der Waals surface area contributed by atoms with Crippen molar-refractivity contribution in [3.05, 3.63) is 29.8 Å². The van der Waals surface area contributed by atoms with Crippen molar-refractivity contribution >= 4 is 16.0 Å². The SMILES string of the molecule is CCN(CC)C(=O)[C@@H]1O[C@H]1c1ccc(OS(=O)(=O)C(F)(F)F)cc1. The number of carbonyl (C=O) groups is 1. The third kappa shape index (κ3) is 3.81. The van der Waals surface area contributed by atoms with Crippen LogP contribution in [0.1, 0.15) is 25.5 Å². The highest BCUT2D eigenvalue weighted by atomic mass is 32.2. The molecule has 0 unspecified atom stereocenters. The van der Waals surface area contributed by atoms with Gasteiger partial charge in [-0.2, -0.15) is 21.6 Å². The fourth-order valence-corrected chi connectivity index (χ4v) is 2.61. The van der Waals surface area contributed by atoms with E-state index >= 15 is 0 Å². The zero-order chi connectivity index (χ0) is 18.1. The number of ether oxygens (including phenoxy) is 1. The van der Waals surface area contributed by atoms with E-state index in [9.17, 15) is 26.4 Å². The van der Waals surface area contributed by atoms with Gasteiger partial charge in [0.1, 0.15) is 11.9 Å². The molecule has 0 saturated carbocycles. The first-order valence-electron chi connectivity index (χ1n) is 7.15. The van der Waals surface area contributed by atoms with Gasteiger partial charge in [-0.25, -0.2) is 0 Å². The number of carbonyl (C=O) groups excluding carboxylic acids is 1. The second kappa shape index (κ2) is 6.60. The molecule has 6 nitrogen and oxygen atoms in total. The smallest absolute Gasteiger partial charge is 0.376 e. The second-order valence-electron chi connectivity index (χ2n) is 5.04. The lowest BCUT2D eigenvalue weighted by molar-refractivity contribution is -0.132. The van der Waals surface area contributed by atoms with Gasteiger partial charge in [-0.15, -0.1) is 0 Å². The normalized spacial score (nSPS) is 20.5. The molecule has 2 atom stereocenters. The quantitative estimate of drug-likeness (QED) is 0.438. The summed E-state index contributed by atoms with van der Waals surface area (Å²) in [6.07, 6.45) is -1.12. The number of hydrogen-bond donors (Lipinski definition) is 0. The van der Waals surface area contributed by atoms with Crippen LogP contribution in [0.2, 0.25) is 0 Å². The summed E-state index contributed by atoms with van der Waals surface area (Å²) in [5, 5.41) is 0. The monoisotopic (exact) mass is 367 g/mol. The van der Waals surface area contributed by atoms with E-state index in [1.54, 1.807) is 4.90 Å². The molecule has 10 heteroatoms. The van der Waals surface area contributed by atoms with Crippen LogP contribution in [0.5, 0.6) is 5.75 Å². The van der Waals surface area contributed by atoms with E-state index in [1.807, 2.05) is 13.8 Å². The first-order valence-corrected chi connectivity index (χ1v) is 8.56. The van der Waals surface area contributed by atoms with Crippen molar-refractivity contribution in [1.82, 2.24) is 4.90 Å². The van der Waals surface area contributed by atoms with Crippen molar-refractivity contribution in [1.29, 1.82) is 0 Å². The lowest BCUT2D eigenvalue weighted by atomic mass is 10.1. The van der Waals surface area contributed by atoms with Crippen LogP contribution in [-0.4, -0.2) is 43.9 Å². The molecule has 1 aliphatic rings. The maximum Gasteiger partial charge on any atom is 0.534 e. The zero-order valence-corrected chi connectivity index (χ0v) is 13.7. The third-order valence-electron chi connectivity index (χ3n) is 3.51. The molecule has 1 aromatic carbocycles. The Morgan fingerprint density at radius 3 is 2.21 bits per heavy atom. The molecule has 1 fully saturated rings. The maximum atomic E-state index is 12.2. The highest BCUT2D eigenvalue weighted by Crippen LogP contribution is 2.40. The van der Waals surface area contributed by atoms with Gasteiger partial charge in [0.25, 0.3) is 5.91 Å². The lowest BCUT2D eigenvalue weighted by Gasteiger charge is -2.17. The first-order chi connectivity index (χ1) is 11.1. The molecule has 0 bridgehead atoms. The van der Waals surface area contributed by atoms with Crippen LogP contribution in [-0.2, 0) is 19.6 Å². The third-order valence-corrected chi connectivity index (χ3v) is 4.49. The van der Waals surface area contributed by atoms with E-state index in [2.05, 4.69) is 4.18 Å². The Hall–Kier alpha value is -1.81. The van der Waals surface area contributed by atoms with Gasteiger partial charge in [-0.3, -0.25) is 4.79 Å². The Morgan fingerprint density at radius 2 is 1.75 bits per heavy atom. The highest BCUT2D eigenvalue weighted by molar-refractivity contribution is 7.88. The number of halogens is 3. The molecule has 1 aromatic rings. The number of hydrogen-bond acceptors (Lipinski definition) is 5. The van der Waals surface area contributed by atoms with Crippen molar-refractivity contribution in [2.24, 2.45) is 0 Å². The molecule has 1 saturated heterocycles. The molecular formula is C14H16F3NO5S. The van der Waals surface area contributed by atoms with E-state index in [4.69, 9.17) is 4.74 Å². The van der Waals surface area contributed by atoms with Gasteiger partial charge in [0.15, 0.2) is 6.10 Å². The van der Waals surface area contributed by atoms with Crippen molar-refractivity contribution in [3.63, 3.8) is 0 Å². The number of epoxide rings is 1. The number of rotatable bonds is 6. The van der Waals surface area contributed by atoms with E-state index in [1.165, 1.54) is 12.1 Å². The summed E-state index contributed by atoms with van der Waals surface area (Å²) < 4.78 is 67.9. The average Bonchev–Trinajstić information content (AvgIpc) is 3.28. The van der Waals surface area contributed by atoms with Crippen LogP contribution in [0, 0.1) is 0 Å². The minimum atomic E-state index is -5.70. The average molecular weight is 367 g/mol. The van der Waals surface area contributed by atoms with E-state index in [0.29, 0.717) is 18.7 Å². The number of benzene rings is 1. The summed E-state index contributed by atoms with van der Waals surface area (Å²) in [6, 6.07) is 4.89. The van der Waals surface area contributed by atoms with Gasteiger partial charge in [0, 0.05) is 13.1 Å². The first kappa shape index (κ1) is 18.5. The standard InChI is InChI=1S/C14H16F3NO5S/c1-3-18(4-2)13(19)12-11(22-12)9-5-7-10(8-6-9)23-24(20,21)14(15,16)17/h5-8,11-12H,3-4H2,1-2H3/t11-,12+/m0/s1. The van der Waals surface area contributed by atoms with E-state index in [-0.39, 0.29) is 5.91 Å². The van der Waals surface area contributed by atoms with Crippen molar-refractivity contribution in [2.45, 2.75) is 31.6 Å². The van der Waals surface area contributed by atoms with Crippen molar-refractivity contribution < 1.29 is 35.3 Å². The molecule has 1 aliphatic heterocycles. The van der Waals surface area contributed by atoms with Gasteiger partial charge in [0.2, 0.25) is 0 Å². The Bertz CT molecular complexity index is 698. The topological polar surface area (TPSA) is 76.2 Å². The summed E-state index contributed by atoms with van der Waals surface area (Å²) in [4.78, 5) is 13.7. The minimum Gasteiger partial charge on any atom is -0.376 e. The molecule has 0 aromatic heterocycles. The van der Waals surface area contributed by atoms with Gasteiger partial charge in [-0.05, 0) is 31.5 Å². The molecule has 1 amide bonds. The van der Waals surface area contributed by atoms with Crippen molar-refractivity contribution in [2.75, 3.05) is 13.1 Å². The van der Waals surface area contributed by atoms with Gasteiger partial charge >= 0.3 is 15.6 Å². The summed E-state index contributed by atoms with van der Waals surface area (Å²) in [6.45, 7) is 4.77. The fourth-order valence-electron chi connectivity index (χ4n) is 2.16. The molecule has 24 heavy (non-hydrogen) atoms. The summed E-state index contributed by atoms with van der Waals surface area (Å²) in [7, 11) is -5.70. The van der Waals surface area contributed by atoms with Gasteiger partial charge < -0.3 is 13.8 Å². The molecule has 0 aliphatic carbocycles. The second-order valence-corrected chi connectivity index (χ2v) is 6.58. The minimum absolute atomic E-state index is 0.162. The predicted molar refractivity (Wildman–Crippen MR) is 77.6 cm³/mol. The zero-order valence-electron chi connectivity index (χ0n) is 12.9. The highest BCUT2D eigenvalue weighted by Gasteiger charge is 2.49. The fraction of sp³-hybridized carbons (Fsp3) is 0.500. The molecule has 1 heterocycles. The Labute approximate surface area is 137 Å². The van der Waals surface area contributed by atoms with Crippen LogP contribution in [0.15, 0.2) is 24.3 Å². The number of alkyl halides is 3. The van der Waals surface area contributed by atoms with Crippen LogP contribution in [0.3, 0.4) is 0 Å². The van der Waals surface area contributed by atoms with E-state index < -0.39 is 33.6 Å². The van der Waals surface area contributed by atoms with Gasteiger partial charge in [-0.1, -0.05) is 12.1 Å². The summed E-state index contributed by atoms with van der Waals surface area (Å²) in [5.74, 6) is -0.631. The van der Waals surface area contributed by atoms with E-state index in [0.717, 1.165) is 12.1 Å². The van der Waals surface area contributed by atoms with Crippen LogP contribution >= 0.6 is 0 Å². The molecular weight excluding hydrogens is 351 g/mol. The molecule has 0 radical (unpaired) electrons. The van der Waals surface area contributed by atoms with Crippen molar-refractivity contribution in [3.8, 4) is 5.75 Å². The molecule has 0 N–H and O–H groups in total. The number of amides is 1. The molecule has 2 rings (SSSR count). The van der Waals surface area contributed by atoms with Crippen LogP contribution in [0.4, 0.5) is 13.2 Å². The predicted octanol–water partition coefficient (Wildman–Crippen LogP) is 2.22. The maximum absolute atomic E-state index is 12.2. The number of nitrogens with zero attached hydrogens (tertiary/aromatic N) is 1. The van der Waals surface area contributed by atoms with Crippen LogP contribution in [0.25, 0.3) is 0 Å². The Morgan fingerprint density at radius 1 is 1.21 bits per heavy atom. The summed E-state index contributed by atoms with van der Waals surface area (Å²) >= 11 is 0. The largest absolute Gasteiger partial charge is 0.534 e. The number of likely N-dealkylation sites (N-methyl/N-ethyl adjacent to an activating group) is 1.